The molecule has 1 rings (SSSR count). The van der Waals surface area contributed by atoms with Crippen molar-refractivity contribution in [2.24, 2.45) is 5.16 Å². The molecule has 0 saturated carbocycles. The number of rotatable bonds is 5. The van der Waals surface area contributed by atoms with Gasteiger partial charge in [-0.1, -0.05) is 5.16 Å². The summed E-state index contributed by atoms with van der Waals surface area (Å²) in [5, 5.41) is 18.0. The van der Waals surface area contributed by atoms with Crippen LogP contribution in [-0.2, 0) is 14.3 Å². The van der Waals surface area contributed by atoms with Gasteiger partial charge >= 0.3 is 12.1 Å². The number of hydrogen-bond acceptors (Lipinski definition) is 8. The predicted octanol–water partition coefficient (Wildman–Crippen LogP) is 1.00. The molecule has 0 aliphatic rings. The fourth-order valence-corrected chi connectivity index (χ4v) is 1.33. The summed E-state index contributed by atoms with van der Waals surface area (Å²) >= 11 is 0. The molecule has 0 aliphatic carbocycles. The first-order valence-electron chi connectivity index (χ1n) is 6.46. The molecule has 0 aromatic carbocycles. The Kier molecular flexibility index (Phi) is 5.72. The van der Waals surface area contributed by atoms with Crippen LogP contribution in [-0.4, -0.2) is 45.4 Å². The summed E-state index contributed by atoms with van der Waals surface area (Å²) in [6.07, 6.45) is -0.696. The van der Waals surface area contributed by atoms with Crippen LogP contribution in [0.5, 0.6) is 0 Å². The number of nitrogens with zero attached hydrogens (tertiary/aromatic N) is 2. The van der Waals surface area contributed by atoms with E-state index in [1.165, 1.54) is 6.07 Å². The van der Waals surface area contributed by atoms with Crippen LogP contribution >= 0.6 is 0 Å². The molecule has 4 N–H and O–H groups in total. The summed E-state index contributed by atoms with van der Waals surface area (Å²) in [5.74, 6) is -0.619. The molecule has 1 aromatic rings. The zero-order chi connectivity index (χ0) is 16.8. The highest BCUT2D eigenvalue weighted by atomic mass is 16.6. The monoisotopic (exact) mass is 313 g/mol. The SMILES string of the molecule is CCOC(=O)C(=NO)c1cc(NNC(=O)OC(C)(C)C)n[nH]1. The smallest absolute Gasteiger partial charge is 0.426 e. The lowest BCUT2D eigenvalue weighted by atomic mass is 10.2. The Bertz CT molecular complexity index is 560. The van der Waals surface area contributed by atoms with Crippen LogP contribution in [0.1, 0.15) is 33.4 Å². The second-order valence-corrected chi connectivity index (χ2v) is 5.09. The molecule has 122 valence electrons. The number of aromatic amines is 1. The molecule has 0 bridgehead atoms. The van der Waals surface area contributed by atoms with Crippen LogP contribution in [0.3, 0.4) is 0 Å². The van der Waals surface area contributed by atoms with Gasteiger partial charge in [-0.25, -0.2) is 15.0 Å². The Balaban J connectivity index is 2.64. The number of carbonyl (C=O) groups excluding carboxylic acids is 2. The van der Waals surface area contributed by atoms with Crippen molar-refractivity contribution in [2.75, 3.05) is 12.0 Å². The molecule has 1 amide bonds. The molecule has 0 aliphatic heterocycles. The maximum Gasteiger partial charge on any atom is 0.426 e. The van der Waals surface area contributed by atoms with Crippen molar-refractivity contribution in [3.05, 3.63) is 11.8 Å². The van der Waals surface area contributed by atoms with Gasteiger partial charge in [0.1, 0.15) is 5.60 Å². The van der Waals surface area contributed by atoms with Gasteiger partial charge in [-0.15, -0.1) is 0 Å². The van der Waals surface area contributed by atoms with Crippen molar-refractivity contribution >= 4 is 23.6 Å². The third kappa shape index (κ3) is 5.31. The van der Waals surface area contributed by atoms with Crippen LogP contribution in [0.4, 0.5) is 10.6 Å². The van der Waals surface area contributed by atoms with Gasteiger partial charge in [-0.3, -0.25) is 10.5 Å². The molecule has 0 unspecified atom stereocenters. The molecular weight excluding hydrogens is 294 g/mol. The molecule has 10 nitrogen and oxygen atoms in total. The number of hydrazine groups is 1. The van der Waals surface area contributed by atoms with E-state index in [4.69, 9.17) is 14.7 Å². The number of amides is 1. The van der Waals surface area contributed by atoms with Crippen molar-refractivity contribution in [1.82, 2.24) is 15.6 Å². The van der Waals surface area contributed by atoms with Gasteiger partial charge in [0.2, 0.25) is 5.71 Å². The molecular formula is C12H19N5O5. The zero-order valence-corrected chi connectivity index (χ0v) is 12.8. The first kappa shape index (κ1) is 17.3. The largest absolute Gasteiger partial charge is 0.461 e. The van der Waals surface area contributed by atoms with Crippen molar-refractivity contribution in [3.63, 3.8) is 0 Å². The van der Waals surface area contributed by atoms with Crippen molar-refractivity contribution in [2.45, 2.75) is 33.3 Å². The number of carbonyl (C=O) groups is 2. The molecule has 0 fully saturated rings. The summed E-state index contributed by atoms with van der Waals surface area (Å²) in [7, 11) is 0. The molecule has 0 radical (unpaired) electrons. The lowest BCUT2D eigenvalue weighted by molar-refractivity contribution is -0.135. The van der Waals surface area contributed by atoms with E-state index in [9.17, 15) is 9.59 Å². The average molecular weight is 313 g/mol. The second-order valence-electron chi connectivity index (χ2n) is 5.09. The predicted molar refractivity (Wildman–Crippen MR) is 76.5 cm³/mol. The van der Waals surface area contributed by atoms with E-state index in [1.54, 1.807) is 27.7 Å². The number of hydrogen-bond donors (Lipinski definition) is 4. The summed E-state index contributed by atoms with van der Waals surface area (Å²) in [5.41, 5.74) is 3.90. The summed E-state index contributed by atoms with van der Waals surface area (Å²) in [6, 6.07) is 1.35. The second kappa shape index (κ2) is 7.29. The van der Waals surface area contributed by atoms with Crippen molar-refractivity contribution in [1.29, 1.82) is 0 Å². The Labute approximate surface area is 126 Å². The molecule has 1 heterocycles. The van der Waals surface area contributed by atoms with Crippen LogP contribution in [0.2, 0.25) is 0 Å². The standard InChI is InChI=1S/C12H19N5O5/c1-5-21-10(18)9(17-20)7-6-8(14-13-7)15-16-11(19)22-12(2,3)4/h6,20H,5H2,1-4H3,(H,16,19)(H2,13,14,15). The molecule has 1 aromatic heterocycles. The van der Waals surface area contributed by atoms with Crippen molar-refractivity contribution < 1.29 is 24.3 Å². The van der Waals surface area contributed by atoms with Gasteiger partial charge in [0, 0.05) is 6.07 Å². The van der Waals surface area contributed by atoms with Crippen molar-refractivity contribution in [3.8, 4) is 0 Å². The van der Waals surface area contributed by atoms with Crippen LogP contribution in [0, 0.1) is 0 Å². The lowest BCUT2D eigenvalue weighted by Crippen LogP contribution is -2.35. The van der Waals surface area contributed by atoms with E-state index < -0.39 is 17.7 Å². The van der Waals surface area contributed by atoms with Gasteiger partial charge in [-0.2, -0.15) is 5.10 Å². The van der Waals surface area contributed by atoms with Gasteiger partial charge in [0.25, 0.3) is 0 Å². The highest BCUT2D eigenvalue weighted by Gasteiger charge is 2.19. The Morgan fingerprint density at radius 3 is 2.68 bits per heavy atom. The van der Waals surface area contributed by atoms with E-state index in [1.807, 2.05) is 0 Å². The minimum absolute atomic E-state index is 0.120. The van der Waals surface area contributed by atoms with E-state index in [0.717, 1.165) is 0 Å². The summed E-state index contributed by atoms with van der Waals surface area (Å²) < 4.78 is 9.74. The molecule has 10 heteroatoms. The quantitative estimate of drug-likeness (QED) is 0.275. The first-order chi connectivity index (χ1) is 10.3. The normalized spacial score (nSPS) is 11.7. The zero-order valence-electron chi connectivity index (χ0n) is 12.8. The lowest BCUT2D eigenvalue weighted by Gasteiger charge is -2.19. The number of nitrogens with one attached hydrogen (secondary N) is 3. The first-order valence-corrected chi connectivity index (χ1v) is 6.46. The number of ether oxygens (including phenoxy) is 2. The Morgan fingerprint density at radius 1 is 1.45 bits per heavy atom. The number of H-pyrrole nitrogens is 1. The average Bonchev–Trinajstić information content (AvgIpc) is 2.84. The van der Waals surface area contributed by atoms with Gasteiger partial charge in [-0.05, 0) is 27.7 Å². The van der Waals surface area contributed by atoms with E-state index in [-0.39, 0.29) is 23.8 Å². The van der Waals surface area contributed by atoms with Gasteiger partial charge in [0.15, 0.2) is 5.82 Å². The summed E-state index contributed by atoms with van der Waals surface area (Å²) in [6.45, 7) is 6.93. The summed E-state index contributed by atoms with van der Waals surface area (Å²) in [4.78, 5) is 23.0. The molecule has 0 spiro atoms. The third-order valence-corrected chi connectivity index (χ3v) is 2.09. The number of aromatic nitrogens is 2. The minimum atomic E-state index is -0.805. The molecule has 0 atom stereocenters. The Hall–Kier alpha value is -2.78. The number of anilines is 1. The maximum absolute atomic E-state index is 11.5. The van der Waals surface area contributed by atoms with Gasteiger partial charge in [0.05, 0.1) is 12.3 Å². The highest BCUT2D eigenvalue weighted by molar-refractivity contribution is 6.42. The highest BCUT2D eigenvalue weighted by Crippen LogP contribution is 2.08. The minimum Gasteiger partial charge on any atom is -0.461 e. The fourth-order valence-electron chi connectivity index (χ4n) is 1.33. The van der Waals surface area contributed by atoms with E-state index in [0.29, 0.717) is 0 Å². The number of esters is 1. The Morgan fingerprint density at radius 2 is 2.14 bits per heavy atom. The maximum atomic E-state index is 11.5. The van der Waals surface area contributed by atoms with Crippen LogP contribution in [0.25, 0.3) is 0 Å². The molecule has 22 heavy (non-hydrogen) atoms. The third-order valence-electron chi connectivity index (χ3n) is 2.09. The van der Waals surface area contributed by atoms with Crippen LogP contribution < -0.4 is 10.9 Å². The van der Waals surface area contributed by atoms with E-state index in [2.05, 4.69) is 26.2 Å². The number of oxime groups is 1. The fraction of sp³-hybridized carbons (Fsp3) is 0.500. The van der Waals surface area contributed by atoms with E-state index >= 15 is 0 Å². The molecule has 0 saturated heterocycles. The van der Waals surface area contributed by atoms with Gasteiger partial charge < -0.3 is 14.7 Å². The van der Waals surface area contributed by atoms with Crippen LogP contribution in [0.15, 0.2) is 11.2 Å². The topological polar surface area (TPSA) is 138 Å².